The van der Waals surface area contributed by atoms with Crippen LogP contribution in [0.2, 0.25) is 0 Å². The number of H-pyrrole nitrogens is 2. The summed E-state index contributed by atoms with van der Waals surface area (Å²) >= 11 is 0. The molecule has 0 saturated carbocycles. The molecule has 0 spiro atoms. The van der Waals surface area contributed by atoms with E-state index >= 15 is 0 Å². The number of fused-ring (bicyclic) bond motifs is 1. The van der Waals surface area contributed by atoms with Gasteiger partial charge in [-0.3, -0.25) is 14.3 Å². The summed E-state index contributed by atoms with van der Waals surface area (Å²) in [5.74, 6) is -1.07. The minimum absolute atomic E-state index is 0.0112. The molecular weight excluding hydrogens is 401 g/mol. The monoisotopic (exact) mass is 415 g/mol. The molecule has 0 fully saturated rings. The SMILES string of the molecule is Cc1cc(NS(=O)(=O)c2cc3[nH]c(=O)c(=O)[nH]c3cc2F)ccc1-c1ccoc1. The van der Waals surface area contributed by atoms with Crippen molar-refractivity contribution in [2.24, 2.45) is 0 Å². The average molecular weight is 415 g/mol. The Balaban J connectivity index is 1.73. The van der Waals surface area contributed by atoms with E-state index in [1.54, 1.807) is 37.5 Å². The van der Waals surface area contributed by atoms with Crippen molar-refractivity contribution in [1.29, 1.82) is 0 Å². The predicted octanol–water partition coefficient (Wildman–Crippen LogP) is 2.72. The standard InChI is InChI=1S/C19H14FN3O5S/c1-10-6-12(2-3-13(10)11-4-5-28-9-11)23-29(26,27)17-8-16-15(7-14(17)20)21-18(24)19(25)22-16/h2-9,23H,1H3,(H,21,24)(H,22,25). The molecule has 10 heteroatoms. The number of hydrogen-bond acceptors (Lipinski definition) is 5. The number of aryl methyl sites for hydroxylation is 1. The summed E-state index contributed by atoms with van der Waals surface area (Å²) in [6, 6.07) is 8.45. The van der Waals surface area contributed by atoms with E-state index in [0.717, 1.165) is 28.8 Å². The molecule has 0 saturated heterocycles. The van der Waals surface area contributed by atoms with Crippen LogP contribution in [0.4, 0.5) is 10.1 Å². The number of anilines is 1. The highest BCUT2D eigenvalue weighted by molar-refractivity contribution is 7.92. The Morgan fingerprint density at radius 2 is 1.69 bits per heavy atom. The lowest BCUT2D eigenvalue weighted by Gasteiger charge is -2.12. The van der Waals surface area contributed by atoms with Gasteiger partial charge in [-0.2, -0.15) is 0 Å². The van der Waals surface area contributed by atoms with Crippen LogP contribution in [0.25, 0.3) is 22.2 Å². The second kappa shape index (κ2) is 6.74. The molecule has 2 heterocycles. The van der Waals surface area contributed by atoms with Crippen molar-refractivity contribution in [3.8, 4) is 11.1 Å². The predicted molar refractivity (Wildman–Crippen MR) is 105 cm³/mol. The van der Waals surface area contributed by atoms with Crippen molar-refractivity contribution in [2.45, 2.75) is 11.8 Å². The number of nitrogens with one attached hydrogen (secondary N) is 3. The normalized spacial score (nSPS) is 11.7. The zero-order valence-electron chi connectivity index (χ0n) is 14.9. The summed E-state index contributed by atoms with van der Waals surface area (Å²) in [7, 11) is -4.30. The van der Waals surface area contributed by atoms with Gasteiger partial charge in [0.15, 0.2) is 0 Å². The van der Waals surface area contributed by atoms with E-state index in [2.05, 4.69) is 14.7 Å². The molecule has 0 radical (unpaired) electrons. The second-order valence-corrected chi connectivity index (χ2v) is 8.03. The first-order valence-electron chi connectivity index (χ1n) is 8.36. The summed E-state index contributed by atoms with van der Waals surface area (Å²) < 4.78 is 47.2. The van der Waals surface area contributed by atoms with Crippen LogP contribution < -0.4 is 15.8 Å². The number of benzene rings is 2. The largest absolute Gasteiger partial charge is 0.472 e. The van der Waals surface area contributed by atoms with Crippen LogP contribution in [-0.4, -0.2) is 18.4 Å². The van der Waals surface area contributed by atoms with Gasteiger partial charge in [-0.25, -0.2) is 12.8 Å². The number of halogens is 1. The van der Waals surface area contributed by atoms with E-state index in [1.165, 1.54) is 6.26 Å². The minimum atomic E-state index is -4.30. The summed E-state index contributed by atoms with van der Waals surface area (Å²) in [4.78, 5) is 26.6. The van der Waals surface area contributed by atoms with Gasteiger partial charge in [0.25, 0.3) is 10.0 Å². The Kier molecular flexibility index (Phi) is 4.35. The second-order valence-electron chi connectivity index (χ2n) is 6.38. The summed E-state index contributed by atoms with van der Waals surface area (Å²) in [6.45, 7) is 1.80. The molecule has 0 aliphatic heterocycles. The molecule has 0 bridgehead atoms. The topological polar surface area (TPSA) is 125 Å². The lowest BCUT2D eigenvalue weighted by molar-refractivity contribution is 0.568. The van der Waals surface area contributed by atoms with Crippen molar-refractivity contribution >= 4 is 26.7 Å². The van der Waals surface area contributed by atoms with Crippen LogP contribution in [0, 0.1) is 12.7 Å². The fourth-order valence-corrected chi connectivity index (χ4v) is 4.14. The first kappa shape index (κ1) is 18.7. The Bertz CT molecular complexity index is 1450. The fraction of sp³-hybridized carbons (Fsp3) is 0.0526. The fourth-order valence-electron chi connectivity index (χ4n) is 3.00. The Labute approximate surface area is 163 Å². The van der Waals surface area contributed by atoms with Gasteiger partial charge in [-0.05, 0) is 42.3 Å². The maximum absolute atomic E-state index is 14.4. The van der Waals surface area contributed by atoms with Gasteiger partial charge in [-0.15, -0.1) is 0 Å². The van der Waals surface area contributed by atoms with Crippen molar-refractivity contribution < 1.29 is 17.2 Å². The van der Waals surface area contributed by atoms with Crippen LogP contribution in [0.3, 0.4) is 0 Å². The van der Waals surface area contributed by atoms with Crippen LogP contribution in [0.5, 0.6) is 0 Å². The van der Waals surface area contributed by atoms with Gasteiger partial charge in [0.1, 0.15) is 10.7 Å². The summed E-state index contributed by atoms with van der Waals surface area (Å²) in [5.41, 5.74) is 0.770. The smallest absolute Gasteiger partial charge is 0.314 e. The first-order chi connectivity index (χ1) is 13.7. The van der Waals surface area contributed by atoms with Crippen LogP contribution >= 0.6 is 0 Å². The lowest BCUT2D eigenvalue weighted by atomic mass is 10.0. The van der Waals surface area contributed by atoms with Gasteiger partial charge >= 0.3 is 11.1 Å². The summed E-state index contributed by atoms with van der Waals surface area (Å²) in [6.07, 6.45) is 3.10. The van der Waals surface area contributed by atoms with E-state index in [9.17, 15) is 22.4 Å². The molecule has 29 heavy (non-hydrogen) atoms. The third kappa shape index (κ3) is 3.45. The average Bonchev–Trinajstić information content (AvgIpc) is 3.16. The molecule has 0 aliphatic carbocycles. The number of aromatic amines is 2. The minimum Gasteiger partial charge on any atom is -0.472 e. The number of rotatable bonds is 4. The Morgan fingerprint density at radius 1 is 1.00 bits per heavy atom. The van der Waals surface area contributed by atoms with E-state index in [1.807, 2.05) is 0 Å². The molecule has 0 atom stereocenters. The molecule has 2 aromatic carbocycles. The molecule has 8 nitrogen and oxygen atoms in total. The highest BCUT2D eigenvalue weighted by atomic mass is 32.2. The van der Waals surface area contributed by atoms with Crippen molar-refractivity contribution in [3.05, 3.63) is 81.0 Å². The van der Waals surface area contributed by atoms with Crippen molar-refractivity contribution in [3.63, 3.8) is 0 Å². The number of hydrogen-bond donors (Lipinski definition) is 3. The molecule has 4 aromatic rings. The Morgan fingerprint density at radius 3 is 2.31 bits per heavy atom. The van der Waals surface area contributed by atoms with E-state index in [4.69, 9.17) is 4.42 Å². The van der Waals surface area contributed by atoms with E-state index in [0.29, 0.717) is 0 Å². The molecular formula is C19H14FN3O5S. The molecule has 0 unspecified atom stereocenters. The third-order valence-electron chi connectivity index (χ3n) is 4.37. The Hall–Kier alpha value is -3.66. The molecule has 0 aliphatic rings. The van der Waals surface area contributed by atoms with E-state index in [-0.39, 0.29) is 16.7 Å². The molecule has 0 amide bonds. The first-order valence-corrected chi connectivity index (χ1v) is 9.85. The van der Waals surface area contributed by atoms with Crippen molar-refractivity contribution in [2.75, 3.05) is 4.72 Å². The highest BCUT2D eigenvalue weighted by Gasteiger charge is 2.21. The van der Waals surface area contributed by atoms with Gasteiger partial charge in [0.2, 0.25) is 0 Å². The number of sulfonamides is 1. The quantitative estimate of drug-likeness (QED) is 0.442. The maximum atomic E-state index is 14.4. The van der Waals surface area contributed by atoms with Gasteiger partial charge in [0, 0.05) is 17.3 Å². The molecule has 4 rings (SSSR count). The number of furan rings is 1. The third-order valence-corrected chi connectivity index (χ3v) is 5.77. The molecule has 2 aromatic heterocycles. The number of aromatic nitrogens is 2. The van der Waals surface area contributed by atoms with Gasteiger partial charge in [-0.1, -0.05) is 6.07 Å². The van der Waals surface area contributed by atoms with Crippen LogP contribution in [0.15, 0.2) is 67.8 Å². The maximum Gasteiger partial charge on any atom is 0.314 e. The van der Waals surface area contributed by atoms with Gasteiger partial charge in [0.05, 0.1) is 23.6 Å². The zero-order chi connectivity index (χ0) is 20.8. The molecule has 3 N–H and O–H groups in total. The highest BCUT2D eigenvalue weighted by Crippen LogP contribution is 2.28. The van der Waals surface area contributed by atoms with Crippen molar-refractivity contribution in [1.82, 2.24) is 9.97 Å². The lowest BCUT2D eigenvalue weighted by Crippen LogP contribution is -2.29. The van der Waals surface area contributed by atoms with Gasteiger partial charge < -0.3 is 14.4 Å². The van der Waals surface area contributed by atoms with Crippen LogP contribution in [0.1, 0.15) is 5.56 Å². The zero-order valence-corrected chi connectivity index (χ0v) is 15.8. The van der Waals surface area contributed by atoms with Crippen LogP contribution in [-0.2, 0) is 10.0 Å². The van der Waals surface area contributed by atoms with E-state index < -0.39 is 31.9 Å². The molecule has 148 valence electrons. The summed E-state index contributed by atoms with van der Waals surface area (Å²) in [5, 5.41) is 0.